The van der Waals surface area contributed by atoms with Crippen molar-refractivity contribution in [2.24, 2.45) is 0 Å². The average molecular weight is 255 g/mol. The van der Waals surface area contributed by atoms with Gasteiger partial charge in [0.15, 0.2) is 5.69 Å². The van der Waals surface area contributed by atoms with Gasteiger partial charge in [0, 0.05) is 6.20 Å². The number of hydrogen-bond acceptors (Lipinski definition) is 3. The van der Waals surface area contributed by atoms with Crippen molar-refractivity contribution in [1.82, 2.24) is 14.8 Å². The molecule has 0 spiro atoms. The van der Waals surface area contributed by atoms with Crippen molar-refractivity contribution in [3.05, 3.63) is 58.6 Å². The molecule has 0 saturated heterocycles. The van der Waals surface area contributed by atoms with Gasteiger partial charge in [-0.3, -0.25) is 4.79 Å². The molecule has 0 bridgehead atoms. The molecular formula is C13H9N3O3. The summed E-state index contributed by atoms with van der Waals surface area (Å²) in [6.45, 7) is 0. The Morgan fingerprint density at radius 2 is 1.95 bits per heavy atom. The third-order valence-corrected chi connectivity index (χ3v) is 2.81. The minimum absolute atomic E-state index is 0.177. The Balaban J connectivity index is 2.41. The molecule has 6 nitrogen and oxygen atoms in total. The van der Waals surface area contributed by atoms with Gasteiger partial charge in [-0.15, -0.1) is 0 Å². The number of para-hydroxylation sites is 1. The van der Waals surface area contributed by atoms with E-state index in [1.165, 1.54) is 6.20 Å². The van der Waals surface area contributed by atoms with Crippen molar-refractivity contribution in [2.75, 3.05) is 0 Å². The molecule has 2 heterocycles. The lowest BCUT2D eigenvalue weighted by Gasteiger charge is -2.06. The van der Waals surface area contributed by atoms with E-state index in [-0.39, 0.29) is 16.8 Å². The van der Waals surface area contributed by atoms with Crippen LogP contribution in [-0.2, 0) is 0 Å². The zero-order valence-electron chi connectivity index (χ0n) is 9.70. The number of H-pyrrole nitrogens is 1. The Labute approximate surface area is 106 Å². The molecule has 1 aromatic carbocycles. The van der Waals surface area contributed by atoms with Crippen molar-refractivity contribution >= 4 is 16.9 Å². The van der Waals surface area contributed by atoms with Crippen molar-refractivity contribution in [3.8, 4) is 5.69 Å². The molecule has 0 aliphatic rings. The standard InChI is InChI=1S/C13H9N3O3/c17-12-9-6-7-14-10(9)11(13(18)19)15-16(12)8-4-2-1-3-5-8/h1-7,14H,(H,18,19). The highest BCUT2D eigenvalue weighted by Crippen LogP contribution is 2.13. The van der Waals surface area contributed by atoms with Gasteiger partial charge in [0.25, 0.3) is 5.56 Å². The van der Waals surface area contributed by atoms with E-state index in [2.05, 4.69) is 10.1 Å². The summed E-state index contributed by atoms with van der Waals surface area (Å²) in [7, 11) is 0. The molecule has 0 unspecified atom stereocenters. The van der Waals surface area contributed by atoms with E-state index in [0.29, 0.717) is 11.1 Å². The topological polar surface area (TPSA) is 88.0 Å². The Hall–Kier alpha value is -2.89. The van der Waals surface area contributed by atoms with Gasteiger partial charge in [-0.25, -0.2) is 4.79 Å². The highest BCUT2D eigenvalue weighted by Gasteiger charge is 2.17. The lowest BCUT2D eigenvalue weighted by molar-refractivity contribution is 0.0690. The summed E-state index contributed by atoms with van der Waals surface area (Å²) in [6.07, 6.45) is 1.52. The number of nitrogens with zero attached hydrogens (tertiary/aromatic N) is 2. The molecular weight excluding hydrogens is 246 g/mol. The normalized spacial score (nSPS) is 10.7. The van der Waals surface area contributed by atoms with Crippen LogP contribution in [0.1, 0.15) is 10.5 Å². The fourth-order valence-electron chi connectivity index (χ4n) is 1.95. The van der Waals surface area contributed by atoms with Crippen LogP contribution in [-0.4, -0.2) is 25.8 Å². The number of carboxylic acid groups (broad SMARTS) is 1. The predicted molar refractivity (Wildman–Crippen MR) is 68.7 cm³/mol. The molecule has 3 rings (SSSR count). The molecule has 0 amide bonds. The first-order valence-corrected chi connectivity index (χ1v) is 5.57. The summed E-state index contributed by atoms with van der Waals surface area (Å²) in [5, 5.41) is 13.4. The van der Waals surface area contributed by atoms with Crippen LogP contribution in [0.4, 0.5) is 0 Å². The fourth-order valence-corrected chi connectivity index (χ4v) is 1.95. The number of carbonyl (C=O) groups is 1. The van der Waals surface area contributed by atoms with E-state index in [9.17, 15) is 9.59 Å². The van der Waals surface area contributed by atoms with E-state index in [1.54, 1.807) is 30.3 Å². The number of carboxylic acids is 1. The van der Waals surface area contributed by atoms with Crippen LogP contribution in [0, 0.1) is 0 Å². The monoisotopic (exact) mass is 255 g/mol. The molecule has 0 saturated carbocycles. The Morgan fingerprint density at radius 1 is 1.21 bits per heavy atom. The van der Waals surface area contributed by atoms with Crippen LogP contribution in [0.15, 0.2) is 47.4 Å². The number of aromatic amines is 1. The Kier molecular flexibility index (Phi) is 2.42. The van der Waals surface area contributed by atoms with Crippen LogP contribution in [0.2, 0.25) is 0 Å². The van der Waals surface area contributed by atoms with Gasteiger partial charge in [-0.1, -0.05) is 18.2 Å². The quantitative estimate of drug-likeness (QED) is 0.724. The summed E-state index contributed by atoms with van der Waals surface area (Å²) in [5.74, 6) is -1.18. The number of benzene rings is 1. The second-order valence-electron chi connectivity index (χ2n) is 3.97. The molecule has 2 aromatic heterocycles. The van der Waals surface area contributed by atoms with Gasteiger partial charge in [-0.05, 0) is 18.2 Å². The third-order valence-electron chi connectivity index (χ3n) is 2.81. The van der Waals surface area contributed by atoms with Crippen LogP contribution in [0.3, 0.4) is 0 Å². The van der Waals surface area contributed by atoms with Gasteiger partial charge in [-0.2, -0.15) is 9.78 Å². The zero-order valence-corrected chi connectivity index (χ0v) is 9.70. The number of aromatic nitrogens is 3. The average Bonchev–Trinajstić information content (AvgIpc) is 2.89. The zero-order chi connectivity index (χ0) is 13.4. The molecule has 0 radical (unpaired) electrons. The molecule has 3 aromatic rings. The molecule has 2 N–H and O–H groups in total. The van der Waals surface area contributed by atoms with Gasteiger partial charge in [0.05, 0.1) is 16.6 Å². The van der Waals surface area contributed by atoms with Gasteiger partial charge in [0.2, 0.25) is 0 Å². The largest absolute Gasteiger partial charge is 0.476 e. The first-order chi connectivity index (χ1) is 9.18. The predicted octanol–water partition coefficient (Wildman–Crippen LogP) is 1.41. The summed E-state index contributed by atoms with van der Waals surface area (Å²) in [4.78, 5) is 26.2. The first kappa shape index (κ1) is 11.2. The number of nitrogens with one attached hydrogen (secondary N) is 1. The minimum Gasteiger partial charge on any atom is -0.476 e. The summed E-state index contributed by atoms with van der Waals surface area (Å²) >= 11 is 0. The molecule has 0 atom stereocenters. The third kappa shape index (κ3) is 1.70. The number of hydrogen-bond donors (Lipinski definition) is 2. The van der Waals surface area contributed by atoms with E-state index in [1.807, 2.05) is 6.07 Å². The summed E-state index contributed by atoms with van der Waals surface area (Å²) in [6, 6.07) is 10.3. The fraction of sp³-hybridized carbons (Fsp3) is 0. The van der Waals surface area contributed by atoms with Crippen LogP contribution in [0.25, 0.3) is 16.6 Å². The van der Waals surface area contributed by atoms with Gasteiger partial charge < -0.3 is 10.1 Å². The maximum atomic E-state index is 12.3. The summed E-state index contributed by atoms with van der Waals surface area (Å²) < 4.78 is 1.10. The smallest absolute Gasteiger partial charge is 0.358 e. The Morgan fingerprint density at radius 3 is 2.63 bits per heavy atom. The second-order valence-corrected chi connectivity index (χ2v) is 3.97. The lowest BCUT2D eigenvalue weighted by Crippen LogP contribution is -2.24. The highest BCUT2D eigenvalue weighted by molar-refractivity contribution is 5.99. The maximum absolute atomic E-state index is 12.3. The highest BCUT2D eigenvalue weighted by atomic mass is 16.4. The Bertz CT molecular complexity index is 818. The molecule has 19 heavy (non-hydrogen) atoms. The molecule has 0 aliphatic heterocycles. The maximum Gasteiger partial charge on any atom is 0.358 e. The van der Waals surface area contributed by atoms with Crippen molar-refractivity contribution < 1.29 is 9.90 Å². The van der Waals surface area contributed by atoms with E-state index < -0.39 is 5.97 Å². The van der Waals surface area contributed by atoms with Gasteiger partial charge >= 0.3 is 5.97 Å². The minimum atomic E-state index is -1.18. The molecule has 6 heteroatoms. The van der Waals surface area contributed by atoms with Crippen molar-refractivity contribution in [3.63, 3.8) is 0 Å². The molecule has 94 valence electrons. The van der Waals surface area contributed by atoms with E-state index in [0.717, 1.165) is 4.68 Å². The first-order valence-electron chi connectivity index (χ1n) is 5.57. The van der Waals surface area contributed by atoms with Gasteiger partial charge in [0.1, 0.15) is 0 Å². The second kappa shape index (κ2) is 4.09. The molecule has 0 fully saturated rings. The van der Waals surface area contributed by atoms with Crippen LogP contribution < -0.4 is 5.56 Å². The molecule has 0 aliphatic carbocycles. The summed E-state index contributed by atoms with van der Waals surface area (Å²) in [5.41, 5.74) is 0.235. The van der Waals surface area contributed by atoms with Crippen LogP contribution in [0.5, 0.6) is 0 Å². The number of rotatable bonds is 2. The van der Waals surface area contributed by atoms with E-state index >= 15 is 0 Å². The number of aromatic carboxylic acids is 1. The number of fused-ring (bicyclic) bond motifs is 1. The lowest BCUT2D eigenvalue weighted by atomic mass is 10.2. The van der Waals surface area contributed by atoms with Crippen LogP contribution >= 0.6 is 0 Å². The van der Waals surface area contributed by atoms with Crippen molar-refractivity contribution in [2.45, 2.75) is 0 Å². The van der Waals surface area contributed by atoms with E-state index in [4.69, 9.17) is 5.11 Å². The van der Waals surface area contributed by atoms with Crippen molar-refractivity contribution in [1.29, 1.82) is 0 Å². The SMILES string of the molecule is O=C(O)c1nn(-c2ccccc2)c(=O)c2cc[nH]c12.